The summed E-state index contributed by atoms with van der Waals surface area (Å²) in [5.41, 5.74) is 1.97. The number of carbonyl (C=O) groups excluding carboxylic acids is 2. The van der Waals surface area contributed by atoms with Crippen LogP contribution in [0.1, 0.15) is 25.0 Å². The van der Waals surface area contributed by atoms with E-state index in [0.29, 0.717) is 0 Å². The Morgan fingerprint density at radius 1 is 1.08 bits per heavy atom. The van der Waals surface area contributed by atoms with E-state index in [2.05, 4.69) is 21.2 Å². The molecule has 2 aromatic rings. The third-order valence-electron chi connectivity index (χ3n) is 3.78. The Labute approximate surface area is 160 Å². The van der Waals surface area contributed by atoms with Gasteiger partial charge in [0.25, 0.3) is 5.91 Å². The summed E-state index contributed by atoms with van der Waals surface area (Å²) in [7, 11) is 0. The molecule has 0 unspecified atom stereocenters. The van der Waals surface area contributed by atoms with Gasteiger partial charge in [0, 0.05) is 4.47 Å². The van der Waals surface area contributed by atoms with Crippen LogP contribution in [0.2, 0.25) is 0 Å². The van der Waals surface area contributed by atoms with Crippen molar-refractivity contribution < 1.29 is 14.3 Å². The summed E-state index contributed by atoms with van der Waals surface area (Å²) >= 11 is 3.37. The summed E-state index contributed by atoms with van der Waals surface area (Å²) in [6.07, 6.45) is 1.77. The highest BCUT2D eigenvalue weighted by Gasteiger charge is 2.33. The SMILES string of the molecule is CC(C)Oc1ccc(/C=C2/NC(=O)N(Cc3ccc(Br)cc3)C2=O)cc1. The molecule has 0 atom stereocenters. The van der Waals surface area contributed by atoms with E-state index in [4.69, 9.17) is 4.74 Å². The minimum absolute atomic E-state index is 0.0991. The number of hydrogen-bond donors (Lipinski definition) is 1. The second kappa shape index (κ2) is 7.74. The van der Waals surface area contributed by atoms with Crippen molar-refractivity contribution in [1.29, 1.82) is 0 Å². The predicted molar refractivity (Wildman–Crippen MR) is 103 cm³/mol. The molecule has 26 heavy (non-hydrogen) atoms. The molecule has 0 spiro atoms. The molecule has 3 amide bonds. The molecule has 1 aliphatic heterocycles. The summed E-state index contributed by atoms with van der Waals surface area (Å²) in [4.78, 5) is 25.9. The van der Waals surface area contributed by atoms with E-state index in [1.807, 2.05) is 62.4 Å². The molecule has 0 aliphatic carbocycles. The number of carbonyl (C=O) groups is 2. The van der Waals surface area contributed by atoms with Gasteiger partial charge in [0.05, 0.1) is 12.6 Å². The number of nitrogens with one attached hydrogen (secondary N) is 1. The second-order valence-electron chi connectivity index (χ2n) is 6.24. The molecule has 5 nitrogen and oxygen atoms in total. The molecule has 0 saturated carbocycles. The van der Waals surface area contributed by atoms with Gasteiger partial charge in [-0.1, -0.05) is 40.2 Å². The van der Waals surface area contributed by atoms with E-state index in [0.717, 1.165) is 21.3 Å². The topological polar surface area (TPSA) is 58.6 Å². The Morgan fingerprint density at radius 2 is 1.73 bits per heavy atom. The van der Waals surface area contributed by atoms with Crippen LogP contribution in [0, 0.1) is 0 Å². The van der Waals surface area contributed by atoms with Crippen LogP contribution in [0.15, 0.2) is 58.7 Å². The van der Waals surface area contributed by atoms with Gasteiger partial charge in [-0.25, -0.2) is 4.79 Å². The van der Waals surface area contributed by atoms with Crippen molar-refractivity contribution in [1.82, 2.24) is 10.2 Å². The summed E-state index contributed by atoms with van der Waals surface area (Å²) in [6.45, 7) is 4.15. The quantitative estimate of drug-likeness (QED) is 0.584. The zero-order valence-corrected chi connectivity index (χ0v) is 16.1. The molecular weight excluding hydrogens is 396 g/mol. The molecular formula is C20H19BrN2O3. The van der Waals surface area contributed by atoms with E-state index in [-0.39, 0.29) is 24.3 Å². The zero-order valence-electron chi connectivity index (χ0n) is 14.5. The van der Waals surface area contributed by atoms with E-state index in [9.17, 15) is 9.59 Å². The van der Waals surface area contributed by atoms with Gasteiger partial charge in [0.15, 0.2) is 0 Å². The summed E-state index contributed by atoms with van der Waals surface area (Å²) in [5, 5.41) is 2.64. The fourth-order valence-corrected chi connectivity index (χ4v) is 2.83. The average Bonchev–Trinajstić information content (AvgIpc) is 2.85. The van der Waals surface area contributed by atoms with Crippen LogP contribution in [0.5, 0.6) is 5.75 Å². The maximum Gasteiger partial charge on any atom is 0.329 e. The third-order valence-corrected chi connectivity index (χ3v) is 4.31. The van der Waals surface area contributed by atoms with E-state index in [1.165, 1.54) is 4.90 Å². The minimum atomic E-state index is -0.413. The Hall–Kier alpha value is -2.60. The van der Waals surface area contributed by atoms with Gasteiger partial charge in [0.1, 0.15) is 11.4 Å². The Morgan fingerprint density at radius 3 is 2.35 bits per heavy atom. The molecule has 2 aromatic carbocycles. The first kappa shape index (κ1) is 18.2. The fourth-order valence-electron chi connectivity index (χ4n) is 2.57. The molecule has 1 heterocycles. The number of hydrogen-bond acceptors (Lipinski definition) is 3. The average molecular weight is 415 g/mol. The van der Waals surface area contributed by atoms with Crippen LogP contribution in [0.25, 0.3) is 6.08 Å². The van der Waals surface area contributed by atoms with Crippen molar-refractivity contribution in [3.8, 4) is 5.75 Å². The summed E-state index contributed by atoms with van der Waals surface area (Å²) < 4.78 is 6.55. The normalized spacial score (nSPS) is 15.7. The molecule has 1 fully saturated rings. The highest BCUT2D eigenvalue weighted by molar-refractivity contribution is 9.10. The molecule has 0 aromatic heterocycles. The fraction of sp³-hybridized carbons (Fsp3) is 0.200. The number of amides is 3. The zero-order chi connectivity index (χ0) is 18.7. The number of imide groups is 1. The highest BCUT2D eigenvalue weighted by atomic mass is 79.9. The number of urea groups is 1. The lowest BCUT2D eigenvalue weighted by Gasteiger charge is -2.11. The lowest BCUT2D eigenvalue weighted by Crippen LogP contribution is -2.30. The van der Waals surface area contributed by atoms with Crippen LogP contribution in [0.3, 0.4) is 0 Å². The van der Waals surface area contributed by atoms with Crippen LogP contribution in [-0.4, -0.2) is 22.9 Å². The summed E-state index contributed by atoms with van der Waals surface area (Å²) in [6, 6.07) is 14.5. The molecule has 6 heteroatoms. The Bertz CT molecular complexity index is 842. The highest BCUT2D eigenvalue weighted by Crippen LogP contribution is 2.20. The van der Waals surface area contributed by atoms with Crippen LogP contribution >= 0.6 is 15.9 Å². The maximum absolute atomic E-state index is 12.5. The molecule has 1 aliphatic rings. The lowest BCUT2D eigenvalue weighted by atomic mass is 10.1. The van der Waals surface area contributed by atoms with E-state index < -0.39 is 6.03 Å². The molecule has 0 bridgehead atoms. The summed E-state index contributed by atoms with van der Waals surface area (Å²) in [5.74, 6) is 0.432. The Kier molecular flexibility index (Phi) is 5.42. The first-order valence-electron chi connectivity index (χ1n) is 8.28. The van der Waals surface area contributed by atoms with Gasteiger partial charge in [-0.2, -0.15) is 0 Å². The number of ether oxygens (including phenoxy) is 1. The third kappa shape index (κ3) is 4.32. The van der Waals surface area contributed by atoms with Gasteiger partial charge < -0.3 is 10.1 Å². The molecule has 1 N–H and O–H groups in total. The smallest absolute Gasteiger partial charge is 0.329 e. The number of rotatable bonds is 5. The number of nitrogens with zero attached hydrogens (tertiary/aromatic N) is 1. The van der Waals surface area contributed by atoms with Crippen molar-refractivity contribution in [2.24, 2.45) is 0 Å². The lowest BCUT2D eigenvalue weighted by molar-refractivity contribution is -0.123. The van der Waals surface area contributed by atoms with Crippen molar-refractivity contribution >= 4 is 33.9 Å². The first-order valence-corrected chi connectivity index (χ1v) is 9.07. The van der Waals surface area contributed by atoms with Gasteiger partial charge >= 0.3 is 6.03 Å². The largest absolute Gasteiger partial charge is 0.491 e. The second-order valence-corrected chi connectivity index (χ2v) is 7.16. The van der Waals surface area contributed by atoms with Crippen molar-refractivity contribution in [2.45, 2.75) is 26.5 Å². The minimum Gasteiger partial charge on any atom is -0.491 e. The molecule has 1 saturated heterocycles. The van der Waals surface area contributed by atoms with Crippen molar-refractivity contribution in [3.63, 3.8) is 0 Å². The van der Waals surface area contributed by atoms with E-state index in [1.54, 1.807) is 6.08 Å². The number of halogens is 1. The van der Waals surface area contributed by atoms with Crippen LogP contribution < -0.4 is 10.1 Å². The predicted octanol–water partition coefficient (Wildman–Crippen LogP) is 4.33. The van der Waals surface area contributed by atoms with Gasteiger partial charge in [-0.05, 0) is 55.3 Å². The Balaban J connectivity index is 1.73. The first-order chi connectivity index (χ1) is 12.4. The van der Waals surface area contributed by atoms with Crippen LogP contribution in [0.4, 0.5) is 4.79 Å². The molecule has 3 rings (SSSR count). The van der Waals surface area contributed by atoms with Crippen molar-refractivity contribution in [2.75, 3.05) is 0 Å². The van der Waals surface area contributed by atoms with Gasteiger partial charge in [-0.15, -0.1) is 0 Å². The standard InChI is InChI=1S/C20H19BrN2O3/c1-13(2)26-17-9-5-14(6-10-17)11-18-19(24)23(20(25)22-18)12-15-3-7-16(21)8-4-15/h3-11,13H,12H2,1-2H3,(H,22,25)/b18-11+. The monoisotopic (exact) mass is 414 g/mol. The van der Waals surface area contributed by atoms with Crippen LogP contribution in [-0.2, 0) is 11.3 Å². The maximum atomic E-state index is 12.5. The number of benzene rings is 2. The van der Waals surface area contributed by atoms with Gasteiger partial charge in [-0.3, -0.25) is 9.69 Å². The molecule has 0 radical (unpaired) electrons. The van der Waals surface area contributed by atoms with E-state index >= 15 is 0 Å². The van der Waals surface area contributed by atoms with Crippen molar-refractivity contribution in [3.05, 3.63) is 69.8 Å². The molecule has 134 valence electrons. The van der Waals surface area contributed by atoms with Gasteiger partial charge in [0.2, 0.25) is 0 Å².